The lowest BCUT2D eigenvalue weighted by atomic mass is 9.66. The molecule has 0 spiro atoms. The zero-order valence-corrected chi connectivity index (χ0v) is 20.6. The van der Waals surface area contributed by atoms with E-state index < -0.39 is 0 Å². The molecule has 2 aromatic carbocycles. The summed E-state index contributed by atoms with van der Waals surface area (Å²) in [5.74, 6) is 1.41. The third-order valence-corrected chi connectivity index (χ3v) is 7.24. The minimum atomic E-state index is -0.222. The Morgan fingerprint density at radius 1 is 1.00 bits per heavy atom. The summed E-state index contributed by atoms with van der Waals surface area (Å²) in [6.45, 7) is 4.64. The second-order valence-corrected chi connectivity index (χ2v) is 9.83. The number of aliphatic hydroxyl groups is 1. The first-order valence-corrected chi connectivity index (χ1v) is 13.0. The molecule has 2 atom stereocenters. The molecule has 1 aliphatic carbocycles. The van der Waals surface area contributed by atoms with Gasteiger partial charge in [0.25, 0.3) is 0 Å². The van der Waals surface area contributed by atoms with E-state index in [1.54, 1.807) is 0 Å². The Labute approximate surface area is 200 Å². The van der Waals surface area contributed by atoms with Crippen LogP contribution in [0.3, 0.4) is 0 Å². The molecule has 3 heteroatoms. The largest absolute Gasteiger partial charge is 0.490 e. The van der Waals surface area contributed by atoms with Crippen LogP contribution < -0.4 is 4.74 Å². The highest BCUT2D eigenvalue weighted by atomic mass is 16.5. The molecule has 0 radical (unpaired) electrons. The SMILES string of the molecule is CCCC(CCC)Oc1ccc(-c2ccc(C3CCCC(C#N)(CCCCO)C3)cc2)cc1. The average Bonchev–Trinajstić information content (AvgIpc) is 2.85. The third-order valence-electron chi connectivity index (χ3n) is 7.24. The maximum absolute atomic E-state index is 9.91. The minimum Gasteiger partial charge on any atom is -0.490 e. The Morgan fingerprint density at radius 3 is 2.21 bits per heavy atom. The summed E-state index contributed by atoms with van der Waals surface area (Å²) in [5, 5.41) is 19.0. The van der Waals surface area contributed by atoms with Gasteiger partial charge in [0.15, 0.2) is 0 Å². The molecule has 0 aromatic heterocycles. The first kappa shape index (κ1) is 25.3. The van der Waals surface area contributed by atoms with Gasteiger partial charge in [-0.05, 0) is 86.1 Å². The van der Waals surface area contributed by atoms with Crippen molar-refractivity contribution in [2.45, 2.75) is 96.5 Å². The molecule has 1 aliphatic rings. The molecule has 1 saturated carbocycles. The van der Waals surface area contributed by atoms with Crippen LogP contribution in [0.1, 0.15) is 96.0 Å². The Kier molecular flexibility index (Phi) is 9.82. The molecule has 3 nitrogen and oxygen atoms in total. The van der Waals surface area contributed by atoms with Crippen molar-refractivity contribution in [1.82, 2.24) is 0 Å². The molecule has 2 unspecified atom stereocenters. The predicted molar refractivity (Wildman–Crippen MR) is 136 cm³/mol. The van der Waals surface area contributed by atoms with Gasteiger partial charge in [-0.1, -0.05) is 69.5 Å². The van der Waals surface area contributed by atoms with E-state index in [-0.39, 0.29) is 12.0 Å². The van der Waals surface area contributed by atoms with Crippen LogP contribution in [0, 0.1) is 16.7 Å². The normalized spacial score (nSPS) is 20.5. The zero-order valence-electron chi connectivity index (χ0n) is 20.6. The third kappa shape index (κ3) is 7.08. The molecule has 2 aromatic rings. The van der Waals surface area contributed by atoms with E-state index in [0.29, 0.717) is 12.0 Å². The van der Waals surface area contributed by atoms with Crippen molar-refractivity contribution in [3.05, 3.63) is 54.1 Å². The standard InChI is InChI=1S/C30H41NO2/c1-3-8-28(9-4-2)33-29-17-15-25(16-18-29)24-11-13-26(14-12-24)27-10-7-20-30(22-27,23-31)19-5-6-21-32/h11-18,27-28,32H,3-10,19-22H2,1-2H3. The van der Waals surface area contributed by atoms with Crippen molar-refractivity contribution in [1.29, 1.82) is 5.26 Å². The van der Waals surface area contributed by atoms with Crippen LogP contribution in [-0.4, -0.2) is 17.8 Å². The summed E-state index contributed by atoms with van der Waals surface area (Å²) in [6.07, 6.45) is 11.7. The average molecular weight is 448 g/mol. The van der Waals surface area contributed by atoms with Crippen LogP contribution in [0.4, 0.5) is 0 Å². The fourth-order valence-corrected chi connectivity index (χ4v) is 5.38. The molecule has 0 saturated heterocycles. The highest BCUT2D eigenvalue weighted by molar-refractivity contribution is 5.64. The van der Waals surface area contributed by atoms with Gasteiger partial charge in [-0.25, -0.2) is 0 Å². The zero-order chi connectivity index (χ0) is 23.5. The number of ether oxygens (including phenoxy) is 1. The van der Waals surface area contributed by atoms with E-state index in [9.17, 15) is 5.26 Å². The van der Waals surface area contributed by atoms with Gasteiger partial charge in [0.05, 0.1) is 17.6 Å². The fourth-order valence-electron chi connectivity index (χ4n) is 5.38. The summed E-state index contributed by atoms with van der Waals surface area (Å²) in [6, 6.07) is 20.1. The number of nitriles is 1. The molecule has 0 bridgehead atoms. The van der Waals surface area contributed by atoms with Crippen molar-refractivity contribution in [3.63, 3.8) is 0 Å². The number of unbranched alkanes of at least 4 members (excludes halogenated alkanes) is 1. The Bertz CT molecular complexity index is 862. The maximum atomic E-state index is 9.91. The number of rotatable bonds is 12. The molecule has 0 heterocycles. The summed E-state index contributed by atoms with van der Waals surface area (Å²) in [7, 11) is 0. The van der Waals surface area contributed by atoms with Crippen LogP contribution in [-0.2, 0) is 0 Å². The number of aliphatic hydroxyl groups excluding tert-OH is 1. The van der Waals surface area contributed by atoms with Gasteiger partial charge < -0.3 is 9.84 Å². The molecule has 3 rings (SSSR count). The lowest BCUT2D eigenvalue weighted by molar-refractivity contribution is 0.179. The topological polar surface area (TPSA) is 53.2 Å². The molecule has 1 fully saturated rings. The quantitative estimate of drug-likeness (QED) is 0.335. The molecule has 0 amide bonds. The Morgan fingerprint density at radius 2 is 1.64 bits per heavy atom. The van der Waals surface area contributed by atoms with Crippen LogP contribution in [0.5, 0.6) is 5.75 Å². The number of benzene rings is 2. The molecule has 1 N–H and O–H groups in total. The summed E-state index contributed by atoms with van der Waals surface area (Å²) in [5.41, 5.74) is 3.55. The summed E-state index contributed by atoms with van der Waals surface area (Å²) < 4.78 is 6.21. The van der Waals surface area contributed by atoms with Crippen molar-refractivity contribution in [3.8, 4) is 22.9 Å². The van der Waals surface area contributed by atoms with Gasteiger partial charge in [-0.15, -0.1) is 0 Å². The van der Waals surface area contributed by atoms with E-state index >= 15 is 0 Å². The molecular formula is C30H41NO2. The lowest BCUT2D eigenvalue weighted by Crippen LogP contribution is -2.26. The van der Waals surface area contributed by atoms with Crippen molar-refractivity contribution in [2.24, 2.45) is 5.41 Å². The van der Waals surface area contributed by atoms with Crippen LogP contribution in [0.25, 0.3) is 11.1 Å². The Balaban J connectivity index is 1.64. The molecule has 33 heavy (non-hydrogen) atoms. The number of hydrogen-bond acceptors (Lipinski definition) is 3. The second-order valence-electron chi connectivity index (χ2n) is 9.83. The lowest BCUT2D eigenvalue weighted by Gasteiger charge is -2.36. The minimum absolute atomic E-state index is 0.220. The molecular weight excluding hydrogens is 406 g/mol. The monoisotopic (exact) mass is 447 g/mol. The smallest absolute Gasteiger partial charge is 0.119 e. The highest BCUT2D eigenvalue weighted by Crippen LogP contribution is 2.46. The fraction of sp³-hybridized carbons (Fsp3) is 0.567. The van der Waals surface area contributed by atoms with Crippen LogP contribution in [0.2, 0.25) is 0 Å². The van der Waals surface area contributed by atoms with E-state index in [4.69, 9.17) is 9.84 Å². The van der Waals surface area contributed by atoms with E-state index in [1.807, 2.05) is 0 Å². The highest BCUT2D eigenvalue weighted by Gasteiger charge is 2.36. The Hall–Kier alpha value is -2.31. The van der Waals surface area contributed by atoms with E-state index in [0.717, 1.165) is 76.4 Å². The predicted octanol–water partition coefficient (Wildman–Crippen LogP) is 8.03. The second kappa shape index (κ2) is 12.8. The van der Waals surface area contributed by atoms with Crippen molar-refractivity contribution in [2.75, 3.05) is 6.61 Å². The van der Waals surface area contributed by atoms with Gasteiger partial charge in [-0.2, -0.15) is 5.26 Å². The molecule has 0 aliphatic heterocycles. The first-order chi connectivity index (χ1) is 16.1. The number of hydrogen-bond donors (Lipinski definition) is 1. The van der Waals surface area contributed by atoms with Gasteiger partial charge in [0.2, 0.25) is 0 Å². The number of nitrogens with zero attached hydrogens (tertiary/aromatic N) is 1. The van der Waals surface area contributed by atoms with Gasteiger partial charge in [-0.3, -0.25) is 0 Å². The van der Waals surface area contributed by atoms with Crippen LogP contribution in [0.15, 0.2) is 48.5 Å². The van der Waals surface area contributed by atoms with E-state index in [2.05, 4.69) is 68.4 Å². The van der Waals surface area contributed by atoms with Gasteiger partial charge in [0, 0.05) is 6.61 Å². The summed E-state index contributed by atoms with van der Waals surface area (Å²) in [4.78, 5) is 0. The van der Waals surface area contributed by atoms with Gasteiger partial charge >= 0.3 is 0 Å². The maximum Gasteiger partial charge on any atom is 0.119 e. The van der Waals surface area contributed by atoms with Gasteiger partial charge in [0.1, 0.15) is 5.75 Å². The van der Waals surface area contributed by atoms with Crippen molar-refractivity contribution < 1.29 is 9.84 Å². The van der Waals surface area contributed by atoms with Crippen LogP contribution >= 0.6 is 0 Å². The molecule has 178 valence electrons. The van der Waals surface area contributed by atoms with Crippen molar-refractivity contribution >= 4 is 0 Å². The van der Waals surface area contributed by atoms with E-state index in [1.165, 1.54) is 16.7 Å². The summed E-state index contributed by atoms with van der Waals surface area (Å²) >= 11 is 0. The first-order valence-electron chi connectivity index (χ1n) is 13.0.